The number of hydrogen-bond acceptors (Lipinski definition) is 2. The summed E-state index contributed by atoms with van der Waals surface area (Å²) in [5, 5.41) is 0.287. The van der Waals surface area contributed by atoms with Crippen molar-refractivity contribution in [3.05, 3.63) is 57.3 Å². The van der Waals surface area contributed by atoms with Gasteiger partial charge in [0.2, 0.25) is 0 Å². The number of carbonyl (C=O) groups excluding carboxylic acids is 1. The minimum absolute atomic E-state index is 0.232. The fraction of sp³-hybridized carbons (Fsp3) is 0. The number of hydrogen-bond donors (Lipinski definition) is 0. The number of rotatable bonds is 3. The molecule has 0 aliphatic carbocycles. The van der Waals surface area contributed by atoms with E-state index in [1.165, 1.54) is 18.2 Å². The topological polar surface area (TPSA) is 26.3 Å². The van der Waals surface area contributed by atoms with Crippen LogP contribution in [0, 0.1) is 5.82 Å². The summed E-state index contributed by atoms with van der Waals surface area (Å²) in [6, 6.07) is 8.87. The maximum absolute atomic E-state index is 13.1. The molecular formula is C13H7BrClFO2. The van der Waals surface area contributed by atoms with Crippen LogP contribution in [0.3, 0.4) is 0 Å². The lowest BCUT2D eigenvalue weighted by atomic mass is 10.2. The van der Waals surface area contributed by atoms with E-state index >= 15 is 0 Å². The Balaban J connectivity index is 2.43. The van der Waals surface area contributed by atoms with E-state index in [2.05, 4.69) is 15.9 Å². The predicted molar refractivity (Wildman–Crippen MR) is 71.0 cm³/mol. The number of benzene rings is 2. The summed E-state index contributed by atoms with van der Waals surface area (Å²) in [4.78, 5) is 10.9. The highest BCUT2D eigenvalue weighted by Crippen LogP contribution is 2.33. The van der Waals surface area contributed by atoms with Crippen LogP contribution in [-0.4, -0.2) is 6.29 Å². The van der Waals surface area contributed by atoms with E-state index in [9.17, 15) is 9.18 Å². The predicted octanol–water partition coefficient (Wildman–Crippen LogP) is 4.85. The maximum Gasteiger partial charge on any atom is 0.155 e. The second-order valence-electron chi connectivity index (χ2n) is 3.45. The summed E-state index contributed by atoms with van der Waals surface area (Å²) in [6.45, 7) is 0. The van der Waals surface area contributed by atoms with E-state index < -0.39 is 5.82 Å². The number of ether oxygens (including phenoxy) is 1. The Morgan fingerprint density at radius 1 is 1.22 bits per heavy atom. The van der Waals surface area contributed by atoms with Crippen LogP contribution in [0.15, 0.2) is 40.9 Å². The highest BCUT2D eigenvalue weighted by molar-refractivity contribution is 9.10. The molecule has 0 aliphatic heterocycles. The van der Waals surface area contributed by atoms with Crippen molar-refractivity contribution in [2.75, 3.05) is 0 Å². The van der Waals surface area contributed by atoms with Crippen molar-refractivity contribution in [2.24, 2.45) is 0 Å². The van der Waals surface area contributed by atoms with Gasteiger partial charge in [0, 0.05) is 6.07 Å². The van der Waals surface area contributed by atoms with E-state index in [4.69, 9.17) is 16.3 Å². The van der Waals surface area contributed by atoms with E-state index in [0.29, 0.717) is 10.8 Å². The van der Waals surface area contributed by atoms with Gasteiger partial charge in [0.15, 0.2) is 6.29 Å². The molecule has 18 heavy (non-hydrogen) atoms. The molecule has 0 saturated carbocycles. The molecule has 0 amide bonds. The summed E-state index contributed by atoms with van der Waals surface area (Å²) < 4.78 is 19.2. The van der Waals surface area contributed by atoms with Crippen LogP contribution in [0.5, 0.6) is 11.5 Å². The molecule has 0 N–H and O–H groups in total. The number of aldehydes is 1. The smallest absolute Gasteiger partial charge is 0.155 e. The summed E-state index contributed by atoms with van der Waals surface area (Å²) >= 11 is 9.11. The molecule has 0 spiro atoms. The van der Waals surface area contributed by atoms with Gasteiger partial charge in [-0.25, -0.2) is 4.39 Å². The molecule has 2 rings (SSSR count). The lowest BCUT2D eigenvalue weighted by molar-refractivity contribution is 0.112. The molecule has 0 radical (unpaired) electrons. The Hall–Kier alpha value is -1.39. The fourth-order valence-electron chi connectivity index (χ4n) is 1.39. The van der Waals surface area contributed by atoms with Gasteiger partial charge >= 0.3 is 0 Å². The highest BCUT2D eigenvalue weighted by atomic mass is 79.9. The summed E-state index contributed by atoms with van der Waals surface area (Å²) in [5.74, 6) is 0.132. The van der Waals surface area contributed by atoms with Crippen molar-refractivity contribution in [3.63, 3.8) is 0 Å². The molecule has 92 valence electrons. The fourth-order valence-corrected chi connectivity index (χ4v) is 1.93. The van der Waals surface area contributed by atoms with Gasteiger partial charge < -0.3 is 4.74 Å². The summed E-state index contributed by atoms with van der Waals surface area (Å²) in [6.07, 6.45) is 0.602. The molecule has 0 unspecified atom stereocenters. The van der Waals surface area contributed by atoms with Gasteiger partial charge in [-0.2, -0.15) is 0 Å². The quantitative estimate of drug-likeness (QED) is 0.753. The average molecular weight is 330 g/mol. The molecule has 2 aromatic carbocycles. The Kier molecular flexibility index (Phi) is 3.99. The monoisotopic (exact) mass is 328 g/mol. The van der Waals surface area contributed by atoms with Crippen LogP contribution in [0.25, 0.3) is 0 Å². The van der Waals surface area contributed by atoms with Gasteiger partial charge in [-0.15, -0.1) is 0 Å². The first-order valence-electron chi connectivity index (χ1n) is 4.98. The summed E-state index contributed by atoms with van der Waals surface area (Å²) in [7, 11) is 0. The van der Waals surface area contributed by atoms with Gasteiger partial charge in [-0.1, -0.05) is 17.7 Å². The normalized spacial score (nSPS) is 10.2. The molecule has 0 fully saturated rings. The lowest BCUT2D eigenvalue weighted by Gasteiger charge is -2.10. The van der Waals surface area contributed by atoms with Gasteiger partial charge in [-0.05, 0) is 40.2 Å². The van der Waals surface area contributed by atoms with Gasteiger partial charge in [0.1, 0.15) is 17.3 Å². The number of halogens is 3. The van der Waals surface area contributed by atoms with Crippen molar-refractivity contribution in [2.45, 2.75) is 0 Å². The van der Waals surface area contributed by atoms with E-state index in [0.717, 1.165) is 0 Å². The first kappa shape index (κ1) is 13.1. The first-order valence-corrected chi connectivity index (χ1v) is 6.15. The van der Waals surface area contributed by atoms with Crippen LogP contribution in [0.4, 0.5) is 4.39 Å². The van der Waals surface area contributed by atoms with Crippen LogP contribution < -0.4 is 4.74 Å². The molecule has 0 bridgehead atoms. The zero-order valence-electron chi connectivity index (χ0n) is 8.99. The number of carbonyl (C=O) groups is 1. The third-order valence-electron chi connectivity index (χ3n) is 2.24. The molecule has 5 heteroatoms. The van der Waals surface area contributed by atoms with Crippen LogP contribution in [0.2, 0.25) is 5.02 Å². The maximum atomic E-state index is 13.1. The second-order valence-corrected chi connectivity index (χ2v) is 4.71. The van der Waals surface area contributed by atoms with E-state index in [1.807, 2.05) is 0 Å². The minimum Gasteiger partial charge on any atom is -0.455 e. The lowest BCUT2D eigenvalue weighted by Crippen LogP contribution is -1.92. The van der Waals surface area contributed by atoms with Gasteiger partial charge in [0.05, 0.1) is 15.1 Å². The first-order chi connectivity index (χ1) is 8.61. The van der Waals surface area contributed by atoms with Crippen molar-refractivity contribution in [1.29, 1.82) is 0 Å². The van der Waals surface area contributed by atoms with E-state index in [-0.39, 0.29) is 22.1 Å². The SMILES string of the molecule is O=Cc1c(Cl)cccc1Oc1cc(F)ccc1Br. The second kappa shape index (κ2) is 5.50. The standard InChI is InChI=1S/C13H7BrClFO2/c14-10-5-4-8(16)6-13(10)18-12-3-1-2-11(15)9(12)7-17/h1-7H. The molecule has 2 nitrogen and oxygen atoms in total. The minimum atomic E-state index is -0.428. The van der Waals surface area contributed by atoms with Crippen LogP contribution in [-0.2, 0) is 0 Å². The van der Waals surface area contributed by atoms with Crippen molar-refractivity contribution >= 4 is 33.8 Å². The van der Waals surface area contributed by atoms with Gasteiger partial charge in [-0.3, -0.25) is 4.79 Å². The van der Waals surface area contributed by atoms with Crippen molar-refractivity contribution in [1.82, 2.24) is 0 Å². The zero-order chi connectivity index (χ0) is 13.1. The molecular weight excluding hydrogens is 322 g/mol. The molecule has 0 atom stereocenters. The third kappa shape index (κ3) is 2.71. The summed E-state index contributed by atoms with van der Waals surface area (Å²) in [5.41, 5.74) is 0.232. The van der Waals surface area contributed by atoms with Crippen molar-refractivity contribution < 1.29 is 13.9 Å². The Morgan fingerprint density at radius 2 is 2.00 bits per heavy atom. The van der Waals surface area contributed by atoms with Crippen molar-refractivity contribution in [3.8, 4) is 11.5 Å². The largest absolute Gasteiger partial charge is 0.455 e. The molecule has 0 saturated heterocycles. The van der Waals surface area contributed by atoms with Gasteiger partial charge in [0.25, 0.3) is 0 Å². The Morgan fingerprint density at radius 3 is 2.72 bits per heavy atom. The van der Waals surface area contributed by atoms with Crippen LogP contribution >= 0.6 is 27.5 Å². The Bertz CT molecular complexity index is 602. The molecule has 0 aliphatic rings. The highest BCUT2D eigenvalue weighted by Gasteiger charge is 2.10. The molecule has 0 aromatic heterocycles. The van der Waals surface area contributed by atoms with Crippen LogP contribution in [0.1, 0.15) is 10.4 Å². The molecule has 2 aromatic rings. The zero-order valence-corrected chi connectivity index (χ0v) is 11.3. The third-order valence-corrected chi connectivity index (χ3v) is 3.23. The average Bonchev–Trinajstić information content (AvgIpc) is 2.34. The Labute approximate surface area is 116 Å². The van der Waals surface area contributed by atoms with E-state index in [1.54, 1.807) is 18.2 Å². The molecule has 0 heterocycles.